The molecule has 1 aromatic carbocycles. The first kappa shape index (κ1) is 10.7. The SMILES string of the molecule is C/C=C(/C=O)c1cccc(CC)c1C. The summed E-state index contributed by atoms with van der Waals surface area (Å²) in [5.74, 6) is 0. The summed E-state index contributed by atoms with van der Waals surface area (Å²) in [5.41, 5.74) is 4.36. The lowest BCUT2D eigenvalue weighted by Gasteiger charge is -2.09. The molecule has 0 fully saturated rings. The molecule has 14 heavy (non-hydrogen) atoms. The molecule has 0 spiro atoms. The third-order valence-electron chi connectivity index (χ3n) is 2.58. The standard InChI is InChI=1S/C13H16O/c1-4-11-7-6-8-13(10(11)3)12(5-2)9-14/h5-9H,4H2,1-3H3/b12-5-. The summed E-state index contributed by atoms with van der Waals surface area (Å²) in [6.07, 6.45) is 3.78. The molecule has 1 heteroatoms. The van der Waals surface area contributed by atoms with Crippen LogP contribution in [0, 0.1) is 6.92 Å². The van der Waals surface area contributed by atoms with Gasteiger partial charge in [0, 0.05) is 5.57 Å². The largest absolute Gasteiger partial charge is 0.298 e. The van der Waals surface area contributed by atoms with E-state index in [-0.39, 0.29) is 0 Å². The van der Waals surface area contributed by atoms with Gasteiger partial charge in [0.15, 0.2) is 0 Å². The van der Waals surface area contributed by atoms with Gasteiger partial charge in [0.2, 0.25) is 0 Å². The number of benzene rings is 1. The highest BCUT2D eigenvalue weighted by Crippen LogP contribution is 2.20. The van der Waals surface area contributed by atoms with E-state index in [2.05, 4.69) is 19.9 Å². The van der Waals surface area contributed by atoms with E-state index in [1.807, 2.05) is 25.1 Å². The van der Waals surface area contributed by atoms with Crippen molar-refractivity contribution in [2.24, 2.45) is 0 Å². The van der Waals surface area contributed by atoms with Crippen molar-refractivity contribution in [2.75, 3.05) is 0 Å². The fraction of sp³-hybridized carbons (Fsp3) is 0.308. The molecule has 0 atom stereocenters. The maximum Gasteiger partial charge on any atom is 0.150 e. The fourth-order valence-corrected chi connectivity index (χ4v) is 1.67. The quantitative estimate of drug-likeness (QED) is 0.526. The second-order valence-corrected chi connectivity index (χ2v) is 3.31. The minimum atomic E-state index is 0.776. The molecule has 0 amide bonds. The second kappa shape index (κ2) is 4.75. The highest BCUT2D eigenvalue weighted by atomic mass is 16.1. The summed E-state index contributed by atoms with van der Waals surface area (Å²) < 4.78 is 0. The fourth-order valence-electron chi connectivity index (χ4n) is 1.67. The molecule has 0 aliphatic heterocycles. The summed E-state index contributed by atoms with van der Waals surface area (Å²) in [5, 5.41) is 0. The zero-order chi connectivity index (χ0) is 10.6. The van der Waals surface area contributed by atoms with Gasteiger partial charge in [0.1, 0.15) is 6.29 Å². The molecule has 0 aliphatic rings. The number of aldehydes is 1. The maximum absolute atomic E-state index is 10.8. The van der Waals surface area contributed by atoms with Crippen LogP contribution in [-0.4, -0.2) is 6.29 Å². The summed E-state index contributed by atoms with van der Waals surface area (Å²) in [6, 6.07) is 6.11. The lowest BCUT2D eigenvalue weighted by atomic mass is 9.96. The number of aryl methyl sites for hydroxylation is 1. The number of hydrogen-bond donors (Lipinski definition) is 0. The van der Waals surface area contributed by atoms with Crippen LogP contribution in [0.3, 0.4) is 0 Å². The van der Waals surface area contributed by atoms with Crippen LogP contribution in [0.5, 0.6) is 0 Å². The van der Waals surface area contributed by atoms with Crippen molar-refractivity contribution in [2.45, 2.75) is 27.2 Å². The number of rotatable bonds is 3. The Hall–Kier alpha value is -1.37. The normalized spacial score (nSPS) is 11.5. The number of hydrogen-bond acceptors (Lipinski definition) is 1. The summed E-state index contributed by atoms with van der Waals surface area (Å²) >= 11 is 0. The van der Waals surface area contributed by atoms with Gasteiger partial charge in [0.25, 0.3) is 0 Å². The van der Waals surface area contributed by atoms with Gasteiger partial charge in [-0.05, 0) is 37.0 Å². The monoisotopic (exact) mass is 188 g/mol. The molecule has 0 aliphatic carbocycles. The Balaban J connectivity index is 3.28. The van der Waals surface area contributed by atoms with Crippen molar-refractivity contribution in [1.82, 2.24) is 0 Å². The van der Waals surface area contributed by atoms with Crippen molar-refractivity contribution >= 4 is 11.9 Å². The molecule has 1 aromatic rings. The molecule has 0 heterocycles. The van der Waals surface area contributed by atoms with Crippen LogP contribution >= 0.6 is 0 Å². The molecule has 0 unspecified atom stereocenters. The van der Waals surface area contributed by atoms with Crippen molar-refractivity contribution in [1.29, 1.82) is 0 Å². The number of allylic oxidation sites excluding steroid dienone is 2. The number of carbonyl (C=O) groups excluding carboxylic acids is 1. The summed E-state index contributed by atoms with van der Waals surface area (Å²) in [6.45, 7) is 6.09. The Bertz CT molecular complexity index is 361. The van der Waals surface area contributed by atoms with Gasteiger partial charge in [-0.15, -0.1) is 0 Å². The topological polar surface area (TPSA) is 17.1 Å². The minimum absolute atomic E-state index is 0.776. The Morgan fingerprint density at radius 2 is 2.14 bits per heavy atom. The Morgan fingerprint density at radius 1 is 1.43 bits per heavy atom. The van der Waals surface area contributed by atoms with Gasteiger partial charge in [0.05, 0.1) is 0 Å². The summed E-state index contributed by atoms with van der Waals surface area (Å²) in [4.78, 5) is 10.8. The molecular weight excluding hydrogens is 172 g/mol. The zero-order valence-electron chi connectivity index (χ0n) is 9.00. The van der Waals surface area contributed by atoms with E-state index in [9.17, 15) is 4.79 Å². The lowest BCUT2D eigenvalue weighted by molar-refractivity contribution is -0.103. The molecular formula is C13H16O. The second-order valence-electron chi connectivity index (χ2n) is 3.31. The third-order valence-corrected chi connectivity index (χ3v) is 2.58. The van der Waals surface area contributed by atoms with Gasteiger partial charge < -0.3 is 0 Å². The van der Waals surface area contributed by atoms with E-state index in [4.69, 9.17) is 0 Å². The molecule has 1 nitrogen and oxygen atoms in total. The van der Waals surface area contributed by atoms with Crippen LogP contribution in [0.15, 0.2) is 24.3 Å². The molecule has 0 N–H and O–H groups in total. The van der Waals surface area contributed by atoms with E-state index in [1.54, 1.807) is 0 Å². The van der Waals surface area contributed by atoms with E-state index < -0.39 is 0 Å². The molecule has 0 aromatic heterocycles. The van der Waals surface area contributed by atoms with Crippen LogP contribution in [0.1, 0.15) is 30.5 Å². The van der Waals surface area contributed by atoms with Crippen molar-refractivity contribution in [3.05, 3.63) is 41.0 Å². The highest BCUT2D eigenvalue weighted by Gasteiger charge is 2.05. The predicted molar refractivity (Wildman–Crippen MR) is 60.3 cm³/mol. The van der Waals surface area contributed by atoms with E-state index >= 15 is 0 Å². The van der Waals surface area contributed by atoms with Crippen LogP contribution in [-0.2, 0) is 11.2 Å². The van der Waals surface area contributed by atoms with Crippen LogP contribution in [0.25, 0.3) is 5.57 Å². The minimum Gasteiger partial charge on any atom is -0.298 e. The number of carbonyl (C=O) groups is 1. The molecule has 0 saturated heterocycles. The van der Waals surface area contributed by atoms with Crippen LogP contribution in [0.2, 0.25) is 0 Å². The third kappa shape index (κ3) is 1.92. The van der Waals surface area contributed by atoms with Crippen molar-refractivity contribution in [3.8, 4) is 0 Å². The van der Waals surface area contributed by atoms with E-state index in [0.717, 1.165) is 23.8 Å². The molecule has 74 valence electrons. The average molecular weight is 188 g/mol. The average Bonchev–Trinajstić information content (AvgIpc) is 2.22. The Kier molecular flexibility index (Phi) is 3.63. The zero-order valence-corrected chi connectivity index (χ0v) is 9.00. The van der Waals surface area contributed by atoms with E-state index in [0.29, 0.717) is 0 Å². The molecule has 0 saturated carbocycles. The van der Waals surface area contributed by atoms with Crippen molar-refractivity contribution in [3.63, 3.8) is 0 Å². The van der Waals surface area contributed by atoms with Gasteiger partial charge in [-0.1, -0.05) is 31.2 Å². The maximum atomic E-state index is 10.8. The van der Waals surface area contributed by atoms with Crippen LogP contribution in [0.4, 0.5) is 0 Å². The Morgan fingerprint density at radius 3 is 2.64 bits per heavy atom. The molecule has 0 radical (unpaired) electrons. The van der Waals surface area contributed by atoms with Crippen LogP contribution < -0.4 is 0 Å². The van der Waals surface area contributed by atoms with Gasteiger partial charge in [-0.3, -0.25) is 4.79 Å². The molecule has 0 bridgehead atoms. The van der Waals surface area contributed by atoms with E-state index in [1.165, 1.54) is 11.1 Å². The van der Waals surface area contributed by atoms with Gasteiger partial charge >= 0.3 is 0 Å². The van der Waals surface area contributed by atoms with Crippen molar-refractivity contribution < 1.29 is 4.79 Å². The smallest absolute Gasteiger partial charge is 0.150 e. The lowest BCUT2D eigenvalue weighted by Crippen LogP contribution is -1.94. The first-order valence-electron chi connectivity index (χ1n) is 4.95. The Labute approximate surface area is 85.5 Å². The predicted octanol–water partition coefficient (Wildman–Crippen LogP) is 3.16. The first-order chi connectivity index (χ1) is 6.74. The highest BCUT2D eigenvalue weighted by molar-refractivity contribution is 6.07. The van der Waals surface area contributed by atoms with Gasteiger partial charge in [-0.25, -0.2) is 0 Å². The van der Waals surface area contributed by atoms with Gasteiger partial charge in [-0.2, -0.15) is 0 Å². The summed E-state index contributed by atoms with van der Waals surface area (Å²) in [7, 11) is 0. The molecule has 1 rings (SSSR count). The first-order valence-corrected chi connectivity index (χ1v) is 4.95.